The van der Waals surface area contributed by atoms with Gasteiger partial charge in [0.15, 0.2) is 0 Å². The summed E-state index contributed by atoms with van der Waals surface area (Å²) in [5.41, 5.74) is 0. The van der Waals surface area contributed by atoms with E-state index < -0.39 is 0 Å². The molecule has 1 saturated heterocycles. The lowest BCUT2D eigenvalue weighted by Crippen LogP contribution is -2.33. The van der Waals surface area contributed by atoms with Crippen LogP contribution in [-0.2, 0) is 4.74 Å². The highest BCUT2D eigenvalue weighted by Gasteiger charge is 2.18. The molecule has 1 aliphatic rings. The fourth-order valence-corrected chi connectivity index (χ4v) is 1.84. The Morgan fingerprint density at radius 1 is 1.46 bits per heavy atom. The van der Waals surface area contributed by atoms with E-state index in [1.54, 1.807) is 0 Å². The quantitative estimate of drug-likeness (QED) is 0.665. The highest BCUT2D eigenvalue weighted by atomic mass is 16.5. The molecule has 0 aromatic rings. The molecule has 1 rings (SSSR count). The molecule has 1 atom stereocenters. The van der Waals surface area contributed by atoms with Gasteiger partial charge in [0.2, 0.25) is 0 Å². The van der Waals surface area contributed by atoms with Crippen LogP contribution in [0.5, 0.6) is 0 Å². The lowest BCUT2D eigenvalue weighted by atomic mass is 10.1. The maximum absolute atomic E-state index is 8.86. The molecule has 1 fully saturated rings. The van der Waals surface area contributed by atoms with Crippen LogP contribution in [0.4, 0.5) is 0 Å². The largest absolute Gasteiger partial charge is 0.395 e. The normalized spacial score (nSPS) is 22.8. The predicted molar refractivity (Wildman–Crippen MR) is 52.7 cm³/mol. The Morgan fingerprint density at radius 2 is 2.31 bits per heavy atom. The Hall–Kier alpha value is -0.120. The molecule has 0 radical (unpaired) electrons. The van der Waals surface area contributed by atoms with Gasteiger partial charge in [-0.2, -0.15) is 0 Å². The smallest absolute Gasteiger partial charge is 0.0558 e. The SMILES string of the molecule is CCCN(CCO)CC1CCOC1. The summed E-state index contributed by atoms with van der Waals surface area (Å²) in [6, 6.07) is 0. The van der Waals surface area contributed by atoms with Gasteiger partial charge in [0.05, 0.1) is 13.2 Å². The van der Waals surface area contributed by atoms with E-state index in [1.807, 2.05) is 0 Å². The number of rotatable bonds is 6. The first-order valence-electron chi connectivity index (χ1n) is 5.27. The van der Waals surface area contributed by atoms with Crippen LogP contribution in [0.15, 0.2) is 0 Å². The summed E-state index contributed by atoms with van der Waals surface area (Å²) >= 11 is 0. The van der Waals surface area contributed by atoms with Crippen molar-refractivity contribution in [2.45, 2.75) is 19.8 Å². The molecule has 3 heteroatoms. The molecule has 1 N–H and O–H groups in total. The van der Waals surface area contributed by atoms with Crippen LogP contribution in [0, 0.1) is 5.92 Å². The molecule has 1 heterocycles. The van der Waals surface area contributed by atoms with E-state index in [0.717, 1.165) is 39.3 Å². The van der Waals surface area contributed by atoms with Crippen molar-refractivity contribution >= 4 is 0 Å². The highest BCUT2D eigenvalue weighted by Crippen LogP contribution is 2.13. The number of aliphatic hydroxyl groups is 1. The van der Waals surface area contributed by atoms with Crippen molar-refractivity contribution in [2.24, 2.45) is 5.92 Å². The molecule has 0 bridgehead atoms. The van der Waals surface area contributed by atoms with Gasteiger partial charge >= 0.3 is 0 Å². The topological polar surface area (TPSA) is 32.7 Å². The fourth-order valence-electron chi connectivity index (χ4n) is 1.84. The van der Waals surface area contributed by atoms with Gasteiger partial charge in [-0.15, -0.1) is 0 Å². The Balaban J connectivity index is 2.19. The Kier molecular flexibility index (Phi) is 5.35. The lowest BCUT2D eigenvalue weighted by Gasteiger charge is -2.23. The average Bonchev–Trinajstić information content (AvgIpc) is 2.58. The lowest BCUT2D eigenvalue weighted by molar-refractivity contribution is 0.151. The van der Waals surface area contributed by atoms with Gasteiger partial charge in [0.25, 0.3) is 0 Å². The summed E-state index contributed by atoms with van der Waals surface area (Å²) in [5, 5.41) is 8.86. The molecule has 0 aromatic carbocycles. The minimum Gasteiger partial charge on any atom is -0.395 e. The first kappa shape index (κ1) is 11.0. The number of nitrogens with zero attached hydrogens (tertiary/aromatic N) is 1. The highest BCUT2D eigenvalue weighted by molar-refractivity contribution is 4.69. The molecule has 1 unspecified atom stereocenters. The van der Waals surface area contributed by atoms with Gasteiger partial charge in [-0.1, -0.05) is 6.92 Å². The second-order valence-electron chi connectivity index (χ2n) is 3.75. The van der Waals surface area contributed by atoms with Gasteiger partial charge < -0.3 is 14.7 Å². The first-order valence-corrected chi connectivity index (χ1v) is 5.27. The van der Waals surface area contributed by atoms with Crippen molar-refractivity contribution in [3.05, 3.63) is 0 Å². The van der Waals surface area contributed by atoms with Gasteiger partial charge in [-0.05, 0) is 25.3 Å². The number of hydrogen-bond acceptors (Lipinski definition) is 3. The molecule has 0 spiro atoms. The molecule has 13 heavy (non-hydrogen) atoms. The maximum atomic E-state index is 8.86. The van der Waals surface area contributed by atoms with Crippen molar-refractivity contribution < 1.29 is 9.84 Å². The van der Waals surface area contributed by atoms with E-state index in [4.69, 9.17) is 9.84 Å². The van der Waals surface area contributed by atoms with Crippen molar-refractivity contribution in [1.82, 2.24) is 4.90 Å². The molecule has 0 saturated carbocycles. The zero-order valence-electron chi connectivity index (χ0n) is 8.54. The van der Waals surface area contributed by atoms with Gasteiger partial charge in [0.1, 0.15) is 0 Å². The van der Waals surface area contributed by atoms with E-state index in [0.29, 0.717) is 5.92 Å². The van der Waals surface area contributed by atoms with Crippen molar-refractivity contribution in [2.75, 3.05) is 39.5 Å². The first-order chi connectivity index (χ1) is 6.36. The summed E-state index contributed by atoms with van der Waals surface area (Å²) in [7, 11) is 0. The second-order valence-corrected chi connectivity index (χ2v) is 3.75. The minimum atomic E-state index is 0.271. The van der Waals surface area contributed by atoms with Crippen LogP contribution < -0.4 is 0 Å². The average molecular weight is 187 g/mol. The number of hydrogen-bond donors (Lipinski definition) is 1. The van der Waals surface area contributed by atoms with Crippen molar-refractivity contribution in [3.8, 4) is 0 Å². The fraction of sp³-hybridized carbons (Fsp3) is 1.00. The molecule has 3 nitrogen and oxygen atoms in total. The predicted octanol–water partition coefficient (Wildman–Crippen LogP) is 0.727. The van der Waals surface area contributed by atoms with E-state index in [-0.39, 0.29) is 6.61 Å². The van der Waals surface area contributed by atoms with E-state index in [2.05, 4.69) is 11.8 Å². The minimum absolute atomic E-state index is 0.271. The van der Waals surface area contributed by atoms with E-state index >= 15 is 0 Å². The van der Waals surface area contributed by atoms with Crippen LogP contribution in [0.3, 0.4) is 0 Å². The monoisotopic (exact) mass is 187 g/mol. The third-order valence-corrected chi connectivity index (χ3v) is 2.50. The summed E-state index contributed by atoms with van der Waals surface area (Å²) in [5.74, 6) is 0.693. The molecule has 78 valence electrons. The summed E-state index contributed by atoms with van der Waals surface area (Å²) in [4.78, 5) is 2.33. The van der Waals surface area contributed by atoms with Crippen molar-refractivity contribution in [3.63, 3.8) is 0 Å². The van der Waals surface area contributed by atoms with E-state index in [1.165, 1.54) is 6.42 Å². The molecule has 1 aliphatic heterocycles. The second kappa shape index (κ2) is 6.35. The number of ether oxygens (including phenoxy) is 1. The van der Waals surface area contributed by atoms with E-state index in [9.17, 15) is 0 Å². The third kappa shape index (κ3) is 4.07. The molecule has 0 aromatic heterocycles. The maximum Gasteiger partial charge on any atom is 0.0558 e. The molecule has 0 amide bonds. The third-order valence-electron chi connectivity index (χ3n) is 2.50. The molecular formula is C10H21NO2. The molecule has 0 aliphatic carbocycles. The Labute approximate surface area is 80.7 Å². The van der Waals surface area contributed by atoms with Crippen LogP contribution in [-0.4, -0.2) is 49.5 Å². The van der Waals surface area contributed by atoms with Crippen LogP contribution >= 0.6 is 0 Å². The Bertz CT molecular complexity index is 118. The molecular weight excluding hydrogens is 166 g/mol. The standard InChI is InChI=1S/C10H21NO2/c1-2-4-11(5-6-12)8-10-3-7-13-9-10/h10,12H,2-9H2,1H3. The summed E-state index contributed by atoms with van der Waals surface area (Å²) in [6.07, 6.45) is 2.35. The van der Waals surface area contributed by atoms with Gasteiger partial charge in [-0.3, -0.25) is 0 Å². The van der Waals surface area contributed by atoms with Gasteiger partial charge in [-0.25, -0.2) is 0 Å². The summed E-state index contributed by atoms with van der Waals surface area (Å²) in [6.45, 7) is 7.27. The number of aliphatic hydroxyl groups excluding tert-OH is 1. The van der Waals surface area contributed by atoms with Crippen molar-refractivity contribution in [1.29, 1.82) is 0 Å². The van der Waals surface area contributed by atoms with Crippen LogP contribution in [0.1, 0.15) is 19.8 Å². The van der Waals surface area contributed by atoms with Crippen LogP contribution in [0.25, 0.3) is 0 Å². The zero-order valence-corrected chi connectivity index (χ0v) is 8.54. The Morgan fingerprint density at radius 3 is 2.85 bits per heavy atom. The van der Waals surface area contributed by atoms with Gasteiger partial charge in [0, 0.05) is 19.7 Å². The summed E-state index contributed by atoms with van der Waals surface area (Å²) < 4.78 is 5.33. The zero-order chi connectivity index (χ0) is 9.52. The van der Waals surface area contributed by atoms with Crippen LogP contribution in [0.2, 0.25) is 0 Å².